The standard InChI is InChI=1S/C12H23F3N2O2/c1-4-5-9(2)16-11(19)10(3)17(6-7-18)8-12(13,14)15/h9-10,18H,4-8H2,1-3H3,(H,16,19). The third-order valence-electron chi connectivity index (χ3n) is 2.81. The normalized spacial score (nSPS) is 15.4. The highest BCUT2D eigenvalue weighted by molar-refractivity contribution is 5.81. The second-order valence-corrected chi connectivity index (χ2v) is 4.68. The largest absolute Gasteiger partial charge is 0.401 e. The van der Waals surface area contributed by atoms with Crippen LogP contribution >= 0.6 is 0 Å². The average molecular weight is 284 g/mol. The lowest BCUT2D eigenvalue weighted by molar-refractivity contribution is -0.155. The first-order valence-corrected chi connectivity index (χ1v) is 6.43. The molecule has 0 saturated carbocycles. The van der Waals surface area contributed by atoms with Gasteiger partial charge in [-0.1, -0.05) is 13.3 Å². The first-order chi connectivity index (χ1) is 8.71. The fraction of sp³-hybridized carbons (Fsp3) is 0.917. The second kappa shape index (κ2) is 8.37. The first-order valence-electron chi connectivity index (χ1n) is 6.43. The summed E-state index contributed by atoms with van der Waals surface area (Å²) in [6.07, 6.45) is -2.73. The molecular weight excluding hydrogens is 261 g/mol. The number of halogens is 3. The number of aliphatic hydroxyl groups is 1. The van der Waals surface area contributed by atoms with Gasteiger partial charge in [0.2, 0.25) is 5.91 Å². The van der Waals surface area contributed by atoms with Gasteiger partial charge in [-0.05, 0) is 20.3 Å². The molecule has 4 nitrogen and oxygen atoms in total. The van der Waals surface area contributed by atoms with E-state index in [0.717, 1.165) is 17.7 Å². The van der Waals surface area contributed by atoms with Crippen LogP contribution in [0.5, 0.6) is 0 Å². The molecule has 0 radical (unpaired) electrons. The van der Waals surface area contributed by atoms with E-state index in [4.69, 9.17) is 5.11 Å². The number of hydrogen-bond donors (Lipinski definition) is 2. The van der Waals surface area contributed by atoms with E-state index in [-0.39, 0.29) is 12.6 Å². The van der Waals surface area contributed by atoms with E-state index in [1.165, 1.54) is 6.92 Å². The zero-order valence-corrected chi connectivity index (χ0v) is 11.6. The van der Waals surface area contributed by atoms with Gasteiger partial charge in [-0.25, -0.2) is 0 Å². The summed E-state index contributed by atoms with van der Waals surface area (Å²) in [4.78, 5) is 12.8. The minimum Gasteiger partial charge on any atom is -0.395 e. The molecule has 2 N–H and O–H groups in total. The molecule has 2 unspecified atom stereocenters. The molecule has 0 aromatic rings. The van der Waals surface area contributed by atoms with Gasteiger partial charge in [0.1, 0.15) is 0 Å². The van der Waals surface area contributed by atoms with Crippen LogP contribution in [0.4, 0.5) is 13.2 Å². The zero-order chi connectivity index (χ0) is 15.1. The topological polar surface area (TPSA) is 52.6 Å². The molecule has 19 heavy (non-hydrogen) atoms. The van der Waals surface area contributed by atoms with Gasteiger partial charge >= 0.3 is 6.18 Å². The Morgan fingerprint density at radius 3 is 2.37 bits per heavy atom. The van der Waals surface area contributed by atoms with E-state index in [0.29, 0.717) is 0 Å². The second-order valence-electron chi connectivity index (χ2n) is 4.68. The van der Waals surface area contributed by atoms with Crippen molar-refractivity contribution >= 4 is 5.91 Å². The van der Waals surface area contributed by atoms with Gasteiger partial charge in [0.15, 0.2) is 0 Å². The van der Waals surface area contributed by atoms with Gasteiger partial charge in [-0.15, -0.1) is 0 Å². The minimum absolute atomic E-state index is 0.0678. The molecule has 0 aromatic carbocycles. The molecule has 0 saturated heterocycles. The summed E-state index contributed by atoms with van der Waals surface area (Å²) in [6, 6.07) is -0.991. The smallest absolute Gasteiger partial charge is 0.395 e. The van der Waals surface area contributed by atoms with Gasteiger partial charge in [0.05, 0.1) is 19.2 Å². The fourth-order valence-electron chi connectivity index (χ4n) is 1.80. The van der Waals surface area contributed by atoms with Gasteiger partial charge in [-0.3, -0.25) is 9.69 Å². The van der Waals surface area contributed by atoms with Gasteiger partial charge < -0.3 is 10.4 Å². The van der Waals surface area contributed by atoms with E-state index < -0.39 is 31.3 Å². The molecule has 0 fully saturated rings. The highest BCUT2D eigenvalue weighted by Gasteiger charge is 2.34. The Morgan fingerprint density at radius 2 is 1.95 bits per heavy atom. The summed E-state index contributed by atoms with van der Waals surface area (Å²) in [6.45, 7) is 3.39. The van der Waals surface area contributed by atoms with Crippen molar-refractivity contribution in [1.29, 1.82) is 0 Å². The molecule has 2 atom stereocenters. The maximum Gasteiger partial charge on any atom is 0.401 e. The van der Waals surface area contributed by atoms with E-state index in [2.05, 4.69) is 5.32 Å². The van der Waals surface area contributed by atoms with Gasteiger partial charge in [0.25, 0.3) is 0 Å². The predicted octanol–water partition coefficient (Wildman–Crippen LogP) is 1.54. The molecule has 0 heterocycles. The van der Waals surface area contributed by atoms with Gasteiger partial charge in [0, 0.05) is 12.6 Å². The number of rotatable bonds is 8. The van der Waals surface area contributed by atoms with Crippen LogP contribution in [0.3, 0.4) is 0 Å². The Bertz CT molecular complexity index is 272. The molecular formula is C12H23F3N2O2. The molecule has 0 aliphatic heterocycles. The van der Waals surface area contributed by atoms with Crippen molar-refractivity contribution in [3.63, 3.8) is 0 Å². The van der Waals surface area contributed by atoms with Crippen molar-refractivity contribution < 1.29 is 23.1 Å². The molecule has 0 spiro atoms. The number of alkyl halides is 3. The maximum atomic E-state index is 12.4. The molecule has 0 aromatic heterocycles. The molecule has 7 heteroatoms. The van der Waals surface area contributed by atoms with Crippen LogP contribution in [0.2, 0.25) is 0 Å². The number of nitrogens with zero attached hydrogens (tertiary/aromatic N) is 1. The van der Waals surface area contributed by atoms with Crippen molar-refractivity contribution in [1.82, 2.24) is 10.2 Å². The van der Waals surface area contributed by atoms with E-state index in [1.807, 2.05) is 13.8 Å². The van der Waals surface area contributed by atoms with Crippen molar-refractivity contribution in [3.8, 4) is 0 Å². The maximum absolute atomic E-state index is 12.4. The Kier molecular flexibility index (Phi) is 8.01. The average Bonchev–Trinajstić information content (AvgIpc) is 2.25. The molecule has 0 aliphatic carbocycles. The minimum atomic E-state index is -4.39. The molecule has 0 rings (SSSR count). The molecule has 114 valence electrons. The lowest BCUT2D eigenvalue weighted by Crippen LogP contribution is -2.51. The Labute approximate surface area is 112 Å². The molecule has 0 aliphatic rings. The number of carbonyl (C=O) groups is 1. The van der Waals surface area contributed by atoms with Crippen LogP contribution in [0.25, 0.3) is 0 Å². The van der Waals surface area contributed by atoms with Crippen LogP contribution < -0.4 is 5.32 Å². The van der Waals surface area contributed by atoms with Crippen LogP contribution in [0.15, 0.2) is 0 Å². The Morgan fingerprint density at radius 1 is 1.37 bits per heavy atom. The first kappa shape index (κ1) is 18.2. The van der Waals surface area contributed by atoms with Crippen LogP contribution in [0, 0.1) is 0 Å². The van der Waals surface area contributed by atoms with E-state index >= 15 is 0 Å². The summed E-state index contributed by atoms with van der Waals surface area (Å²) in [5.74, 6) is -0.446. The molecule has 1 amide bonds. The van der Waals surface area contributed by atoms with Crippen LogP contribution in [0.1, 0.15) is 33.6 Å². The van der Waals surface area contributed by atoms with Crippen molar-refractivity contribution in [2.45, 2.75) is 51.9 Å². The lowest BCUT2D eigenvalue weighted by atomic mass is 10.1. The summed E-state index contributed by atoms with van der Waals surface area (Å²) in [5.41, 5.74) is 0. The quantitative estimate of drug-likeness (QED) is 0.711. The highest BCUT2D eigenvalue weighted by atomic mass is 19.4. The zero-order valence-electron chi connectivity index (χ0n) is 11.6. The van der Waals surface area contributed by atoms with Crippen LogP contribution in [-0.4, -0.2) is 53.9 Å². The number of amides is 1. The Hall–Kier alpha value is -0.820. The summed E-state index contributed by atoms with van der Waals surface area (Å²) >= 11 is 0. The van der Waals surface area contributed by atoms with Crippen molar-refractivity contribution in [2.75, 3.05) is 19.7 Å². The lowest BCUT2D eigenvalue weighted by Gasteiger charge is -2.29. The van der Waals surface area contributed by atoms with E-state index in [1.54, 1.807) is 0 Å². The SMILES string of the molecule is CCCC(C)NC(=O)C(C)N(CCO)CC(F)(F)F. The monoisotopic (exact) mass is 284 g/mol. The summed E-state index contributed by atoms with van der Waals surface area (Å²) < 4.78 is 37.1. The third-order valence-corrected chi connectivity index (χ3v) is 2.81. The number of carbonyl (C=O) groups excluding carboxylic acids is 1. The fourth-order valence-corrected chi connectivity index (χ4v) is 1.80. The number of hydrogen-bond acceptors (Lipinski definition) is 3. The van der Waals surface area contributed by atoms with Crippen molar-refractivity contribution in [3.05, 3.63) is 0 Å². The van der Waals surface area contributed by atoms with E-state index in [9.17, 15) is 18.0 Å². The third kappa shape index (κ3) is 8.05. The van der Waals surface area contributed by atoms with Gasteiger partial charge in [-0.2, -0.15) is 13.2 Å². The predicted molar refractivity (Wildman–Crippen MR) is 66.7 cm³/mol. The Balaban J connectivity index is 4.52. The number of aliphatic hydroxyl groups excluding tert-OH is 1. The summed E-state index contributed by atoms with van der Waals surface area (Å²) in [5, 5.41) is 11.5. The summed E-state index contributed by atoms with van der Waals surface area (Å²) in [7, 11) is 0. The number of nitrogens with one attached hydrogen (secondary N) is 1. The van der Waals surface area contributed by atoms with Crippen LogP contribution in [-0.2, 0) is 4.79 Å². The molecule has 0 bridgehead atoms. The van der Waals surface area contributed by atoms with Crippen molar-refractivity contribution in [2.24, 2.45) is 0 Å². The highest BCUT2D eigenvalue weighted by Crippen LogP contribution is 2.18.